The monoisotopic (exact) mass is 372 g/mol. The van der Waals surface area contributed by atoms with Gasteiger partial charge in [-0.3, -0.25) is 4.79 Å². The van der Waals surface area contributed by atoms with Crippen LogP contribution in [0, 0.1) is 13.8 Å². The Hall–Kier alpha value is -2.67. The predicted molar refractivity (Wildman–Crippen MR) is 101 cm³/mol. The van der Waals surface area contributed by atoms with E-state index in [2.05, 4.69) is 20.4 Å². The summed E-state index contributed by atoms with van der Waals surface area (Å²) >= 11 is 6.19. The highest BCUT2D eigenvalue weighted by Crippen LogP contribution is 2.22. The summed E-state index contributed by atoms with van der Waals surface area (Å²) < 4.78 is 1.61. The van der Waals surface area contributed by atoms with Gasteiger partial charge in [0.25, 0.3) is 5.78 Å². The number of halogens is 1. The molecule has 0 unspecified atom stereocenters. The van der Waals surface area contributed by atoms with Gasteiger partial charge in [-0.05, 0) is 44.4 Å². The Morgan fingerprint density at radius 1 is 1.31 bits per heavy atom. The number of nitrogen functional groups attached to an aromatic ring is 1. The molecule has 3 N–H and O–H groups in total. The van der Waals surface area contributed by atoms with E-state index >= 15 is 0 Å². The molecular formula is C18H21ClN6O. The van der Waals surface area contributed by atoms with Crippen molar-refractivity contribution in [2.45, 2.75) is 39.7 Å². The van der Waals surface area contributed by atoms with E-state index in [1.165, 1.54) is 0 Å². The summed E-state index contributed by atoms with van der Waals surface area (Å²) in [6.07, 6.45) is 0.898. The van der Waals surface area contributed by atoms with Crippen molar-refractivity contribution in [1.29, 1.82) is 0 Å². The maximum absolute atomic E-state index is 12.4. The van der Waals surface area contributed by atoms with E-state index in [0.29, 0.717) is 23.6 Å². The number of hydrogen-bond acceptors (Lipinski definition) is 5. The SMILES string of the molecule is Cc1nc2nc(N)nn2c(C)c1CCC(=O)N[C@H](C)c1ccccc1Cl. The molecule has 1 aromatic carbocycles. The Bertz CT molecular complexity index is 968. The van der Waals surface area contributed by atoms with Gasteiger partial charge in [0.15, 0.2) is 0 Å². The number of aromatic nitrogens is 4. The van der Waals surface area contributed by atoms with Gasteiger partial charge in [-0.25, -0.2) is 4.98 Å². The van der Waals surface area contributed by atoms with Crippen LogP contribution in [0.25, 0.3) is 5.78 Å². The van der Waals surface area contributed by atoms with E-state index in [0.717, 1.165) is 22.5 Å². The van der Waals surface area contributed by atoms with Crippen molar-refractivity contribution in [2.24, 2.45) is 0 Å². The number of benzene rings is 1. The third-order valence-corrected chi connectivity index (χ3v) is 4.76. The van der Waals surface area contributed by atoms with Gasteiger partial charge in [-0.2, -0.15) is 9.50 Å². The van der Waals surface area contributed by atoms with E-state index < -0.39 is 0 Å². The maximum Gasteiger partial charge on any atom is 0.254 e. The number of amides is 1. The molecule has 0 fully saturated rings. The lowest BCUT2D eigenvalue weighted by molar-refractivity contribution is -0.121. The summed E-state index contributed by atoms with van der Waals surface area (Å²) in [6.45, 7) is 5.74. The molecule has 2 heterocycles. The fourth-order valence-electron chi connectivity index (χ4n) is 3.04. The molecule has 0 aliphatic carbocycles. The van der Waals surface area contributed by atoms with Crippen LogP contribution in [-0.2, 0) is 11.2 Å². The molecule has 8 heteroatoms. The minimum atomic E-state index is -0.158. The van der Waals surface area contributed by atoms with Crippen LogP contribution in [-0.4, -0.2) is 25.5 Å². The molecule has 0 bridgehead atoms. The van der Waals surface area contributed by atoms with Gasteiger partial charge in [-0.15, -0.1) is 5.10 Å². The van der Waals surface area contributed by atoms with Crippen molar-refractivity contribution >= 4 is 29.2 Å². The first kappa shape index (κ1) is 18.1. The second-order valence-electron chi connectivity index (χ2n) is 6.25. The fourth-order valence-corrected chi connectivity index (χ4v) is 3.34. The smallest absolute Gasteiger partial charge is 0.254 e. The third-order valence-electron chi connectivity index (χ3n) is 4.42. The molecule has 26 heavy (non-hydrogen) atoms. The van der Waals surface area contributed by atoms with Crippen LogP contribution < -0.4 is 11.1 Å². The Kier molecular flexibility index (Phi) is 5.08. The lowest BCUT2D eigenvalue weighted by Gasteiger charge is -2.16. The minimum absolute atomic E-state index is 0.0468. The van der Waals surface area contributed by atoms with E-state index in [9.17, 15) is 4.79 Å². The average molecular weight is 373 g/mol. The van der Waals surface area contributed by atoms with Crippen LogP contribution in [0.4, 0.5) is 5.95 Å². The molecule has 136 valence electrons. The first-order valence-electron chi connectivity index (χ1n) is 8.39. The summed E-state index contributed by atoms with van der Waals surface area (Å²) in [5.41, 5.74) is 9.24. The highest BCUT2D eigenvalue weighted by Gasteiger charge is 2.16. The summed E-state index contributed by atoms with van der Waals surface area (Å²) in [6, 6.07) is 7.34. The van der Waals surface area contributed by atoms with Crippen molar-refractivity contribution < 1.29 is 4.79 Å². The summed E-state index contributed by atoms with van der Waals surface area (Å²) in [4.78, 5) is 20.9. The van der Waals surface area contributed by atoms with E-state index in [1.807, 2.05) is 45.0 Å². The number of fused-ring (bicyclic) bond motifs is 1. The zero-order valence-corrected chi connectivity index (χ0v) is 15.7. The molecule has 3 aromatic rings. The van der Waals surface area contributed by atoms with Crippen LogP contribution in [0.1, 0.15) is 41.9 Å². The van der Waals surface area contributed by atoms with E-state index in [4.69, 9.17) is 17.3 Å². The van der Waals surface area contributed by atoms with Crippen LogP contribution in [0.3, 0.4) is 0 Å². The molecule has 2 aromatic heterocycles. The van der Waals surface area contributed by atoms with Crippen LogP contribution in [0.2, 0.25) is 5.02 Å². The molecule has 1 amide bonds. The normalized spacial score (nSPS) is 12.3. The molecule has 0 aliphatic heterocycles. The second kappa shape index (κ2) is 7.29. The lowest BCUT2D eigenvalue weighted by Crippen LogP contribution is -2.27. The molecule has 0 aliphatic rings. The molecule has 0 saturated carbocycles. The first-order valence-corrected chi connectivity index (χ1v) is 8.76. The van der Waals surface area contributed by atoms with Crippen LogP contribution >= 0.6 is 11.6 Å². The van der Waals surface area contributed by atoms with Gasteiger partial charge in [0, 0.05) is 22.8 Å². The molecule has 0 radical (unpaired) electrons. The van der Waals surface area contributed by atoms with Crippen LogP contribution in [0.5, 0.6) is 0 Å². The van der Waals surface area contributed by atoms with Gasteiger partial charge >= 0.3 is 0 Å². The predicted octanol–water partition coefficient (Wildman–Crippen LogP) is 2.79. The Labute approximate surface area is 156 Å². The van der Waals surface area contributed by atoms with E-state index in [1.54, 1.807) is 4.52 Å². The number of carbonyl (C=O) groups excluding carboxylic acids is 1. The maximum atomic E-state index is 12.4. The zero-order chi connectivity index (χ0) is 18.8. The number of nitrogens with one attached hydrogen (secondary N) is 1. The Balaban J connectivity index is 1.70. The molecule has 1 atom stereocenters. The Morgan fingerprint density at radius 3 is 2.77 bits per heavy atom. The average Bonchev–Trinajstić information content (AvgIpc) is 2.95. The Morgan fingerprint density at radius 2 is 2.04 bits per heavy atom. The first-order chi connectivity index (χ1) is 12.4. The number of aryl methyl sites for hydroxylation is 2. The third kappa shape index (κ3) is 3.62. The fraction of sp³-hybridized carbons (Fsp3) is 0.333. The number of nitrogens with two attached hydrogens (primary N) is 1. The number of nitrogens with zero attached hydrogens (tertiary/aromatic N) is 4. The molecule has 3 rings (SSSR count). The standard InChI is InChI=1S/C18H21ClN6O/c1-10-13(12(3)25-18(22-10)23-17(20)24-25)8-9-16(26)21-11(2)14-6-4-5-7-15(14)19/h4-7,11H,8-9H2,1-3H3,(H2,20,24)(H,21,26)/t11-/m1/s1. The number of hydrogen-bond donors (Lipinski definition) is 2. The number of carbonyl (C=O) groups is 1. The summed E-state index contributed by atoms with van der Waals surface area (Å²) in [5.74, 6) is 0.607. The summed E-state index contributed by atoms with van der Waals surface area (Å²) in [5, 5.41) is 7.78. The lowest BCUT2D eigenvalue weighted by atomic mass is 10.1. The highest BCUT2D eigenvalue weighted by molar-refractivity contribution is 6.31. The largest absolute Gasteiger partial charge is 0.366 e. The van der Waals surface area contributed by atoms with Gasteiger partial charge < -0.3 is 11.1 Å². The quantitative estimate of drug-likeness (QED) is 0.717. The number of anilines is 1. The van der Waals surface area contributed by atoms with Gasteiger partial charge in [0.2, 0.25) is 11.9 Å². The highest BCUT2D eigenvalue weighted by atomic mass is 35.5. The second-order valence-corrected chi connectivity index (χ2v) is 6.66. The summed E-state index contributed by atoms with van der Waals surface area (Å²) in [7, 11) is 0. The van der Waals surface area contributed by atoms with Crippen molar-refractivity contribution in [2.75, 3.05) is 5.73 Å². The minimum Gasteiger partial charge on any atom is -0.366 e. The molecular weight excluding hydrogens is 352 g/mol. The van der Waals surface area contributed by atoms with Crippen molar-refractivity contribution in [3.05, 3.63) is 51.8 Å². The van der Waals surface area contributed by atoms with Gasteiger partial charge in [0.1, 0.15) is 0 Å². The van der Waals surface area contributed by atoms with Gasteiger partial charge in [0.05, 0.1) is 6.04 Å². The van der Waals surface area contributed by atoms with E-state index in [-0.39, 0.29) is 17.9 Å². The molecule has 0 spiro atoms. The topological polar surface area (TPSA) is 98.2 Å². The van der Waals surface area contributed by atoms with Crippen molar-refractivity contribution in [3.8, 4) is 0 Å². The van der Waals surface area contributed by atoms with Gasteiger partial charge in [-0.1, -0.05) is 29.8 Å². The number of rotatable bonds is 5. The van der Waals surface area contributed by atoms with Crippen molar-refractivity contribution in [3.63, 3.8) is 0 Å². The molecule has 7 nitrogen and oxygen atoms in total. The van der Waals surface area contributed by atoms with Crippen LogP contribution in [0.15, 0.2) is 24.3 Å². The zero-order valence-electron chi connectivity index (χ0n) is 15.0. The molecule has 0 saturated heterocycles. The van der Waals surface area contributed by atoms with Crippen molar-refractivity contribution in [1.82, 2.24) is 24.9 Å².